The fourth-order valence-electron chi connectivity index (χ4n) is 2.51. The first kappa shape index (κ1) is 15.3. The van der Waals surface area contributed by atoms with Crippen molar-refractivity contribution in [2.45, 2.75) is 78.6 Å². The predicted octanol–water partition coefficient (Wildman–Crippen LogP) is 5.71. The zero-order chi connectivity index (χ0) is 13.2. The van der Waals surface area contributed by atoms with Gasteiger partial charge in [-0.05, 0) is 48.8 Å². The molecule has 0 aliphatic heterocycles. The molecule has 0 heteroatoms. The molecule has 1 aromatic carbocycles. The lowest BCUT2D eigenvalue weighted by Gasteiger charge is -2.11. The number of unbranched alkanes of at least 4 members (excludes halogenated alkanes) is 4. The third kappa shape index (κ3) is 5.25. The van der Waals surface area contributed by atoms with Gasteiger partial charge in [0.15, 0.2) is 0 Å². The second kappa shape index (κ2) is 9.19. The summed E-state index contributed by atoms with van der Waals surface area (Å²) < 4.78 is 0. The Kier molecular flexibility index (Phi) is 7.80. The van der Waals surface area contributed by atoms with E-state index >= 15 is 0 Å². The third-order valence-corrected chi connectivity index (χ3v) is 3.78. The Morgan fingerprint density at radius 1 is 0.722 bits per heavy atom. The first-order valence-electron chi connectivity index (χ1n) is 7.92. The molecular weight excluding hydrogens is 216 g/mol. The molecule has 0 aliphatic carbocycles. The van der Waals surface area contributed by atoms with E-state index in [0.717, 1.165) is 6.42 Å². The van der Waals surface area contributed by atoms with Crippen molar-refractivity contribution in [2.24, 2.45) is 0 Å². The van der Waals surface area contributed by atoms with Crippen LogP contribution in [0, 0.1) is 0 Å². The van der Waals surface area contributed by atoms with Gasteiger partial charge in [0.05, 0.1) is 0 Å². The van der Waals surface area contributed by atoms with Gasteiger partial charge in [0.2, 0.25) is 0 Å². The Hall–Kier alpha value is -0.780. The lowest BCUT2D eigenvalue weighted by molar-refractivity contribution is 0.693. The Labute approximate surface area is 114 Å². The molecule has 0 saturated heterocycles. The lowest BCUT2D eigenvalue weighted by Crippen LogP contribution is -1.97. The van der Waals surface area contributed by atoms with Crippen LogP contribution in [0.4, 0.5) is 0 Å². The van der Waals surface area contributed by atoms with Crippen LogP contribution in [-0.4, -0.2) is 0 Å². The van der Waals surface area contributed by atoms with Gasteiger partial charge in [0.25, 0.3) is 0 Å². The molecule has 0 aromatic heterocycles. The maximum atomic E-state index is 2.46. The SMILES string of the molecule is CCCCCc1ccc(CC)cc1CCCCC. The average Bonchev–Trinajstić information content (AvgIpc) is 2.40. The number of aryl methyl sites for hydroxylation is 3. The second-order valence-electron chi connectivity index (χ2n) is 5.37. The molecular formula is C18H30. The topological polar surface area (TPSA) is 0 Å². The molecule has 1 rings (SSSR count). The highest BCUT2D eigenvalue weighted by Crippen LogP contribution is 2.18. The van der Waals surface area contributed by atoms with Crippen LogP contribution in [0.5, 0.6) is 0 Å². The van der Waals surface area contributed by atoms with Crippen LogP contribution in [0.3, 0.4) is 0 Å². The molecule has 0 atom stereocenters. The molecule has 0 bridgehead atoms. The minimum atomic E-state index is 1.16. The normalized spacial score (nSPS) is 10.8. The number of hydrogen-bond donors (Lipinski definition) is 0. The summed E-state index contributed by atoms with van der Waals surface area (Å²) in [6, 6.07) is 7.16. The minimum absolute atomic E-state index is 1.16. The van der Waals surface area contributed by atoms with E-state index < -0.39 is 0 Å². The van der Waals surface area contributed by atoms with Gasteiger partial charge < -0.3 is 0 Å². The molecule has 102 valence electrons. The van der Waals surface area contributed by atoms with Gasteiger partial charge in [0.1, 0.15) is 0 Å². The third-order valence-electron chi connectivity index (χ3n) is 3.78. The molecule has 0 saturated carbocycles. The fraction of sp³-hybridized carbons (Fsp3) is 0.667. The van der Waals surface area contributed by atoms with E-state index in [4.69, 9.17) is 0 Å². The summed E-state index contributed by atoms with van der Waals surface area (Å²) in [5, 5.41) is 0. The van der Waals surface area contributed by atoms with E-state index in [9.17, 15) is 0 Å². The zero-order valence-corrected chi connectivity index (χ0v) is 12.6. The van der Waals surface area contributed by atoms with Crippen molar-refractivity contribution in [3.05, 3.63) is 34.9 Å². The van der Waals surface area contributed by atoms with Crippen molar-refractivity contribution in [1.29, 1.82) is 0 Å². The van der Waals surface area contributed by atoms with E-state index in [0.29, 0.717) is 0 Å². The molecule has 0 unspecified atom stereocenters. The van der Waals surface area contributed by atoms with E-state index in [1.54, 1.807) is 11.1 Å². The van der Waals surface area contributed by atoms with Crippen molar-refractivity contribution in [3.8, 4) is 0 Å². The maximum Gasteiger partial charge on any atom is -0.0276 e. The molecule has 18 heavy (non-hydrogen) atoms. The summed E-state index contributed by atoms with van der Waals surface area (Å²) in [5.41, 5.74) is 4.73. The monoisotopic (exact) mass is 246 g/mol. The Morgan fingerprint density at radius 3 is 1.89 bits per heavy atom. The van der Waals surface area contributed by atoms with Gasteiger partial charge in [-0.25, -0.2) is 0 Å². The van der Waals surface area contributed by atoms with Crippen LogP contribution in [0.25, 0.3) is 0 Å². The van der Waals surface area contributed by atoms with Crippen molar-refractivity contribution in [3.63, 3.8) is 0 Å². The molecule has 0 nitrogen and oxygen atoms in total. The van der Waals surface area contributed by atoms with Crippen LogP contribution in [0.15, 0.2) is 18.2 Å². The molecule has 0 amide bonds. The van der Waals surface area contributed by atoms with E-state index in [-0.39, 0.29) is 0 Å². The Balaban J connectivity index is 2.66. The summed E-state index contributed by atoms with van der Waals surface area (Å²) in [4.78, 5) is 0. The van der Waals surface area contributed by atoms with Crippen molar-refractivity contribution in [2.75, 3.05) is 0 Å². The van der Waals surface area contributed by atoms with Gasteiger partial charge in [-0.1, -0.05) is 64.7 Å². The van der Waals surface area contributed by atoms with Crippen LogP contribution >= 0.6 is 0 Å². The Morgan fingerprint density at radius 2 is 1.33 bits per heavy atom. The van der Waals surface area contributed by atoms with Crippen LogP contribution in [0.2, 0.25) is 0 Å². The number of hydrogen-bond acceptors (Lipinski definition) is 0. The van der Waals surface area contributed by atoms with Gasteiger partial charge in [-0.15, -0.1) is 0 Å². The quantitative estimate of drug-likeness (QED) is 0.489. The van der Waals surface area contributed by atoms with Crippen LogP contribution in [0.1, 0.15) is 76.0 Å². The lowest BCUT2D eigenvalue weighted by atomic mass is 9.94. The number of rotatable bonds is 9. The summed E-state index contributed by atoms with van der Waals surface area (Å²) in [5.74, 6) is 0. The standard InChI is InChI=1S/C18H30/c1-4-7-9-11-17-14-13-16(6-3)15-18(17)12-10-8-5-2/h13-15H,4-12H2,1-3H3. The summed E-state index contributed by atoms with van der Waals surface area (Å²) >= 11 is 0. The first-order valence-corrected chi connectivity index (χ1v) is 7.92. The van der Waals surface area contributed by atoms with Crippen molar-refractivity contribution < 1.29 is 0 Å². The van der Waals surface area contributed by atoms with Crippen LogP contribution in [-0.2, 0) is 19.3 Å². The second-order valence-corrected chi connectivity index (χ2v) is 5.37. The summed E-state index contributed by atoms with van der Waals surface area (Å²) in [6.07, 6.45) is 11.8. The molecule has 0 spiro atoms. The van der Waals surface area contributed by atoms with Crippen molar-refractivity contribution in [1.82, 2.24) is 0 Å². The maximum absolute atomic E-state index is 2.46. The van der Waals surface area contributed by atoms with Crippen LogP contribution < -0.4 is 0 Å². The van der Waals surface area contributed by atoms with Gasteiger partial charge in [-0.3, -0.25) is 0 Å². The van der Waals surface area contributed by atoms with E-state index in [1.807, 2.05) is 0 Å². The molecule has 0 fully saturated rings. The van der Waals surface area contributed by atoms with E-state index in [1.165, 1.54) is 56.9 Å². The predicted molar refractivity (Wildman–Crippen MR) is 82.3 cm³/mol. The van der Waals surface area contributed by atoms with Gasteiger partial charge >= 0.3 is 0 Å². The summed E-state index contributed by atoms with van der Waals surface area (Å²) in [6.45, 7) is 6.81. The minimum Gasteiger partial charge on any atom is -0.0654 e. The Bertz CT molecular complexity index is 325. The van der Waals surface area contributed by atoms with Gasteiger partial charge in [-0.2, -0.15) is 0 Å². The molecule has 0 N–H and O–H groups in total. The van der Waals surface area contributed by atoms with E-state index in [2.05, 4.69) is 39.0 Å². The average molecular weight is 246 g/mol. The highest BCUT2D eigenvalue weighted by molar-refractivity contribution is 5.32. The molecule has 0 radical (unpaired) electrons. The molecule has 0 heterocycles. The smallest absolute Gasteiger partial charge is 0.0276 e. The fourth-order valence-corrected chi connectivity index (χ4v) is 2.51. The molecule has 0 aliphatic rings. The highest BCUT2D eigenvalue weighted by Gasteiger charge is 2.03. The highest BCUT2D eigenvalue weighted by atomic mass is 14.1. The summed E-state index contributed by atoms with van der Waals surface area (Å²) in [7, 11) is 0. The number of benzene rings is 1. The largest absolute Gasteiger partial charge is 0.0654 e. The zero-order valence-electron chi connectivity index (χ0n) is 12.6. The van der Waals surface area contributed by atoms with Gasteiger partial charge in [0, 0.05) is 0 Å². The van der Waals surface area contributed by atoms with Crippen molar-refractivity contribution >= 4 is 0 Å². The first-order chi connectivity index (χ1) is 8.81. The molecule has 1 aromatic rings.